The van der Waals surface area contributed by atoms with Gasteiger partial charge in [-0.15, -0.1) is 0 Å². The standard InChI is InChI=1S/C11H11BrO4/c1-7(13)15-10-3-9(6-12)4-11(5-10)16-8(2)14/h3-5H,6H2,1-2H3. The molecule has 0 heterocycles. The van der Waals surface area contributed by atoms with Gasteiger partial charge in [-0.05, 0) is 17.7 Å². The van der Waals surface area contributed by atoms with Gasteiger partial charge < -0.3 is 9.47 Å². The number of rotatable bonds is 3. The second-order valence-corrected chi connectivity index (χ2v) is 3.69. The zero-order valence-corrected chi connectivity index (χ0v) is 10.5. The molecule has 86 valence electrons. The van der Waals surface area contributed by atoms with Gasteiger partial charge in [-0.2, -0.15) is 0 Å². The van der Waals surface area contributed by atoms with E-state index < -0.39 is 11.9 Å². The van der Waals surface area contributed by atoms with Crippen molar-refractivity contribution in [2.24, 2.45) is 0 Å². The Morgan fingerprint density at radius 3 is 1.81 bits per heavy atom. The molecule has 0 aliphatic rings. The summed E-state index contributed by atoms with van der Waals surface area (Å²) in [6, 6.07) is 4.89. The summed E-state index contributed by atoms with van der Waals surface area (Å²) in [6.07, 6.45) is 0. The normalized spacial score (nSPS) is 9.69. The van der Waals surface area contributed by atoms with Crippen LogP contribution in [0.1, 0.15) is 19.4 Å². The van der Waals surface area contributed by atoms with Crippen molar-refractivity contribution in [2.45, 2.75) is 19.2 Å². The molecule has 0 aromatic heterocycles. The Balaban J connectivity index is 3.00. The number of esters is 2. The minimum absolute atomic E-state index is 0.362. The van der Waals surface area contributed by atoms with Crippen molar-refractivity contribution in [3.8, 4) is 11.5 Å². The number of ether oxygens (including phenoxy) is 2. The fourth-order valence-corrected chi connectivity index (χ4v) is 1.48. The SMILES string of the molecule is CC(=O)Oc1cc(CBr)cc(OC(C)=O)c1. The lowest BCUT2D eigenvalue weighted by molar-refractivity contribution is -0.132. The molecule has 5 heteroatoms. The number of carbonyl (C=O) groups excluding carboxylic acids is 2. The topological polar surface area (TPSA) is 52.6 Å². The first-order chi connectivity index (χ1) is 7.51. The van der Waals surface area contributed by atoms with Gasteiger partial charge in [0.1, 0.15) is 11.5 Å². The van der Waals surface area contributed by atoms with Gasteiger partial charge in [0.15, 0.2) is 0 Å². The van der Waals surface area contributed by atoms with Gasteiger partial charge in [-0.3, -0.25) is 9.59 Å². The predicted octanol–water partition coefficient (Wildman–Crippen LogP) is 2.43. The highest BCUT2D eigenvalue weighted by Gasteiger charge is 2.06. The van der Waals surface area contributed by atoms with Crippen molar-refractivity contribution in [1.29, 1.82) is 0 Å². The molecule has 1 aromatic rings. The molecule has 0 saturated heterocycles. The van der Waals surface area contributed by atoms with Crippen molar-refractivity contribution in [2.75, 3.05) is 0 Å². The van der Waals surface area contributed by atoms with Gasteiger partial charge in [0, 0.05) is 25.2 Å². The average molecular weight is 287 g/mol. The Hall–Kier alpha value is -1.36. The van der Waals surface area contributed by atoms with E-state index >= 15 is 0 Å². The molecule has 0 amide bonds. The van der Waals surface area contributed by atoms with Crippen LogP contribution in [0.2, 0.25) is 0 Å². The van der Waals surface area contributed by atoms with E-state index in [-0.39, 0.29) is 0 Å². The van der Waals surface area contributed by atoms with E-state index in [1.807, 2.05) is 0 Å². The molecular weight excluding hydrogens is 276 g/mol. The van der Waals surface area contributed by atoms with Crippen molar-refractivity contribution in [1.82, 2.24) is 0 Å². The van der Waals surface area contributed by atoms with Crippen LogP contribution < -0.4 is 9.47 Å². The number of benzene rings is 1. The summed E-state index contributed by atoms with van der Waals surface area (Å²) < 4.78 is 9.86. The van der Waals surface area contributed by atoms with Crippen molar-refractivity contribution < 1.29 is 19.1 Å². The van der Waals surface area contributed by atoms with Crippen LogP contribution in [-0.2, 0) is 14.9 Å². The van der Waals surface area contributed by atoms with Gasteiger partial charge in [-0.1, -0.05) is 15.9 Å². The van der Waals surface area contributed by atoms with Crippen LogP contribution in [0, 0.1) is 0 Å². The van der Waals surface area contributed by atoms with E-state index in [9.17, 15) is 9.59 Å². The maximum atomic E-state index is 10.8. The lowest BCUT2D eigenvalue weighted by Gasteiger charge is -2.07. The molecule has 0 atom stereocenters. The third kappa shape index (κ3) is 4.02. The molecule has 0 aliphatic carbocycles. The monoisotopic (exact) mass is 286 g/mol. The first-order valence-electron chi connectivity index (χ1n) is 4.58. The molecule has 0 radical (unpaired) electrons. The van der Waals surface area contributed by atoms with E-state index in [1.165, 1.54) is 19.9 Å². The summed E-state index contributed by atoms with van der Waals surface area (Å²) in [5.41, 5.74) is 0.856. The maximum absolute atomic E-state index is 10.8. The summed E-state index contributed by atoms with van der Waals surface area (Å²) in [7, 11) is 0. The second kappa shape index (κ2) is 5.65. The summed E-state index contributed by atoms with van der Waals surface area (Å²) in [5.74, 6) is -0.109. The molecule has 4 nitrogen and oxygen atoms in total. The van der Waals surface area contributed by atoms with E-state index in [1.54, 1.807) is 12.1 Å². The van der Waals surface area contributed by atoms with Crippen molar-refractivity contribution in [3.63, 3.8) is 0 Å². The largest absolute Gasteiger partial charge is 0.427 e. The summed E-state index contributed by atoms with van der Waals surface area (Å²) >= 11 is 3.28. The quantitative estimate of drug-likeness (QED) is 0.487. The van der Waals surface area contributed by atoms with Crippen LogP contribution in [0.25, 0.3) is 0 Å². The van der Waals surface area contributed by atoms with Crippen LogP contribution in [0.4, 0.5) is 0 Å². The molecule has 0 saturated carbocycles. The number of alkyl halides is 1. The number of hydrogen-bond acceptors (Lipinski definition) is 4. The molecule has 0 spiro atoms. The fraction of sp³-hybridized carbons (Fsp3) is 0.273. The molecule has 0 fully saturated rings. The minimum atomic E-state index is -0.416. The zero-order valence-electron chi connectivity index (χ0n) is 8.95. The van der Waals surface area contributed by atoms with Gasteiger partial charge >= 0.3 is 11.9 Å². The average Bonchev–Trinajstić information content (AvgIpc) is 2.14. The summed E-state index contributed by atoms with van der Waals surface area (Å²) in [4.78, 5) is 21.6. The number of carbonyl (C=O) groups is 2. The first-order valence-corrected chi connectivity index (χ1v) is 5.70. The van der Waals surface area contributed by atoms with E-state index in [0.29, 0.717) is 16.8 Å². The van der Waals surface area contributed by atoms with E-state index in [2.05, 4.69) is 15.9 Å². The Labute approximate surface area is 102 Å². The molecule has 16 heavy (non-hydrogen) atoms. The summed E-state index contributed by atoms with van der Waals surface area (Å²) in [5, 5.41) is 0.580. The molecule has 0 unspecified atom stereocenters. The molecular formula is C11H11BrO4. The van der Waals surface area contributed by atoms with Crippen LogP contribution >= 0.6 is 15.9 Å². The Morgan fingerprint density at radius 1 is 1.06 bits per heavy atom. The van der Waals surface area contributed by atoms with Crippen molar-refractivity contribution in [3.05, 3.63) is 23.8 Å². The second-order valence-electron chi connectivity index (χ2n) is 3.13. The minimum Gasteiger partial charge on any atom is -0.427 e. The molecule has 0 bridgehead atoms. The third-order valence-corrected chi connectivity index (χ3v) is 2.26. The molecule has 0 aliphatic heterocycles. The molecule has 1 rings (SSSR count). The third-order valence-electron chi connectivity index (χ3n) is 1.62. The first kappa shape index (κ1) is 12.7. The molecule has 1 aromatic carbocycles. The zero-order chi connectivity index (χ0) is 12.1. The van der Waals surface area contributed by atoms with Crippen molar-refractivity contribution >= 4 is 27.9 Å². The van der Waals surface area contributed by atoms with E-state index in [0.717, 1.165) is 5.56 Å². The predicted molar refractivity (Wildman–Crippen MR) is 61.7 cm³/mol. The van der Waals surface area contributed by atoms with Gasteiger partial charge in [-0.25, -0.2) is 0 Å². The molecule has 0 N–H and O–H groups in total. The fourth-order valence-electron chi connectivity index (χ4n) is 1.16. The lowest BCUT2D eigenvalue weighted by atomic mass is 10.2. The van der Waals surface area contributed by atoms with E-state index in [4.69, 9.17) is 9.47 Å². The van der Waals surface area contributed by atoms with Gasteiger partial charge in [0.2, 0.25) is 0 Å². The van der Waals surface area contributed by atoms with Crippen LogP contribution in [-0.4, -0.2) is 11.9 Å². The van der Waals surface area contributed by atoms with Crippen LogP contribution in [0.5, 0.6) is 11.5 Å². The number of hydrogen-bond donors (Lipinski definition) is 0. The Bertz CT molecular complexity index is 380. The van der Waals surface area contributed by atoms with Crippen LogP contribution in [0.3, 0.4) is 0 Å². The lowest BCUT2D eigenvalue weighted by Crippen LogP contribution is -2.04. The number of halogens is 1. The highest BCUT2D eigenvalue weighted by atomic mass is 79.9. The smallest absolute Gasteiger partial charge is 0.308 e. The van der Waals surface area contributed by atoms with Gasteiger partial charge in [0.05, 0.1) is 0 Å². The highest BCUT2D eigenvalue weighted by molar-refractivity contribution is 9.08. The highest BCUT2D eigenvalue weighted by Crippen LogP contribution is 2.24. The van der Waals surface area contributed by atoms with Crippen LogP contribution in [0.15, 0.2) is 18.2 Å². The Morgan fingerprint density at radius 2 is 1.50 bits per heavy atom. The Kier molecular flexibility index (Phi) is 4.49. The van der Waals surface area contributed by atoms with Gasteiger partial charge in [0.25, 0.3) is 0 Å². The summed E-state index contributed by atoms with van der Waals surface area (Å²) in [6.45, 7) is 2.62. The maximum Gasteiger partial charge on any atom is 0.308 e.